The van der Waals surface area contributed by atoms with E-state index in [1.165, 1.54) is 0 Å². The van der Waals surface area contributed by atoms with Gasteiger partial charge in [-0.05, 0) is 37.1 Å². The number of rotatable bonds is 3. The number of hydrogen-bond acceptors (Lipinski definition) is 4. The van der Waals surface area contributed by atoms with Crippen molar-refractivity contribution in [3.05, 3.63) is 33.6 Å². The summed E-state index contributed by atoms with van der Waals surface area (Å²) >= 11 is 3.45. The molecule has 2 aromatic rings. The highest BCUT2D eigenvalue weighted by Gasteiger charge is 2.07. The Balaban J connectivity index is 2.14. The third-order valence-electron chi connectivity index (χ3n) is 2.33. The second-order valence-corrected chi connectivity index (χ2v) is 4.71. The standard InChI is InChI=1S/C11H13BrN4O/c1-6-3-8(12)4-7(2)10(6)17-5-9-14-11(13)16-15-9/h3-4H,5H2,1-2H3,(H3,13,14,15,16). The molecule has 90 valence electrons. The fourth-order valence-electron chi connectivity index (χ4n) is 1.64. The molecule has 0 amide bonds. The van der Waals surface area contributed by atoms with Crippen molar-refractivity contribution in [2.75, 3.05) is 5.73 Å². The summed E-state index contributed by atoms with van der Waals surface area (Å²) in [4.78, 5) is 3.98. The first-order valence-corrected chi connectivity index (χ1v) is 5.92. The van der Waals surface area contributed by atoms with Gasteiger partial charge in [0.05, 0.1) is 0 Å². The Morgan fingerprint density at radius 3 is 2.53 bits per heavy atom. The van der Waals surface area contributed by atoms with Crippen molar-refractivity contribution >= 4 is 21.9 Å². The van der Waals surface area contributed by atoms with E-state index in [1.54, 1.807) is 0 Å². The molecular weight excluding hydrogens is 284 g/mol. The quantitative estimate of drug-likeness (QED) is 0.911. The number of aryl methyl sites for hydroxylation is 2. The zero-order valence-corrected chi connectivity index (χ0v) is 11.2. The average Bonchev–Trinajstić information content (AvgIpc) is 2.62. The van der Waals surface area contributed by atoms with E-state index >= 15 is 0 Å². The van der Waals surface area contributed by atoms with E-state index < -0.39 is 0 Å². The van der Waals surface area contributed by atoms with Gasteiger partial charge in [-0.1, -0.05) is 15.9 Å². The summed E-state index contributed by atoms with van der Waals surface area (Å²) in [6, 6.07) is 4.02. The molecule has 0 unspecified atom stereocenters. The van der Waals surface area contributed by atoms with Gasteiger partial charge in [0.25, 0.3) is 0 Å². The molecule has 1 aromatic carbocycles. The summed E-state index contributed by atoms with van der Waals surface area (Å²) in [5.74, 6) is 1.71. The second-order valence-electron chi connectivity index (χ2n) is 3.80. The zero-order valence-electron chi connectivity index (χ0n) is 9.62. The first-order valence-electron chi connectivity index (χ1n) is 5.12. The number of nitrogen functional groups attached to an aromatic ring is 1. The molecule has 1 aromatic heterocycles. The molecule has 0 fully saturated rings. The molecule has 0 saturated heterocycles. The van der Waals surface area contributed by atoms with Crippen molar-refractivity contribution in [1.82, 2.24) is 15.2 Å². The van der Waals surface area contributed by atoms with Crippen LogP contribution in [0.25, 0.3) is 0 Å². The lowest BCUT2D eigenvalue weighted by atomic mass is 10.1. The number of nitrogens with zero attached hydrogens (tertiary/aromatic N) is 2. The van der Waals surface area contributed by atoms with Gasteiger partial charge in [0.15, 0.2) is 5.82 Å². The van der Waals surface area contributed by atoms with Crippen molar-refractivity contribution in [2.24, 2.45) is 0 Å². The number of nitrogens with one attached hydrogen (secondary N) is 1. The summed E-state index contributed by atoms with van der Waals surface area (Å²) in [6.45, 7) is 4.33. The van der Waals surface area contributed by atoms with Gasteiger partial charge in [-0.25, -0.2) is 0 Å². The van der Waals surface area contributed by atoms with E-state index in [0.717, 1.165) is 21.3 Å². The maximum atomic E-state index is 5.71. The number of nitrogens with two attached hydrogens (primary N) is 1. The van der Waals surface area contributed by atoms with Crippen LogP contribution < -0.4 is 10.5 Å². The summed E-state index contributed by atoms with van der Waals surface area (Å²) < 4.78 is 6.76. The number of anilines is 1. The van der Waals surface area contributed by atoms with Crippen LogP contribution in [0.15, 0.2) is 16.6 Å². The number of aromatic nitrogens is 3. The molecule has 0 atom stereocenters. The van der Waals surface area contributed by atoms with Gasteiger partial charge in [-0.2, -0.15) is 4.98 Å². The van der Waals surface area contributed by atoms with Crippen molar-refractivity contribution in [3.8, 4) is 5.75 Å². The van der Waals surface area contributed by atoms with E-state index in [0.29, 0.717) is 12.4 Å². The summed E-state index contributed by atoms with van der Waals surface area (Å²) in [6.07, 6.45) is 0. The van der Waals surface area contributed by atoms with Crippen LogP contribution in [0.5, 0.6) is 5.75 Å². The van der Waals surface area contributed by atoms with Gasteiger partial charge >= 0.3 is 0 Å². The molecule has 0 aliphatic carbocycles. The maximum absolute atomic E-state index is 5.71. The number of aromatic amines is 1. The Bertz CT molecular complexity index is 515. The number of halogens is 1. The van der Waals surface area contributed by atoms with Gasteiger partial charge < -0.3 is 10.5 Å². The average molecular weight is 297 g/mol. The van der Waals surface area contributed by atoms with Gasteiger partial charge in [0, 0.05) is 4.47 Å². The van der Waals surface area contributed by atoms with Gasteiger partial charge in [-0.3, -0.25) is 5.10 Å². The van der Waals surface area contributed by atoms with Gasteiger partial charge in [0.2, 0.25) is 5.95 Å². The predicted octanol–water partition coefficient (Wildman–Crippen LogP) is 2.35. The number of ether oxygens (including phenoxy) is 1. The summed E-state index contributed by atoms with van der Waals surface area (Å²) in [5, 5.41) is 6.45. The molecule has 2 rings (SSSR count). The Kier molecular flexibility index (Phi) is 3.33. The summed E-state index contributed by atoms with van der Waals surface area (Å²) in [5.41, 5.74) is 7.56. The molecule has 0 aliphatic heterocycles. The van der Waals surface area contributed by atoms with Crippen LogP contribution in [0.3, 0.4) is 0 Å². The predicted molar refractivity (Wildman–Crippen MR) is 68.7 cm³/mol. The number of H-pyrrole nitrogens is 1. The largest absolute Gasteiger partial charge is 0.485 e. The highest BCUT2D eigenvalue weighted by atomic mass is 79.9. The highest BCUT2D eigenvalue weighted by Crippen LogP contribution is 2.27. The molecule has 6 heteroatoms. The molecular formula is C11H13BrN4O. The highest BCUT2D eigenvalue weighted by molar-refractivity contribution is 9.10. The van der Waals surface area contributed by atoms with E-state index in [4.69, 9.17) is 10.5 Å². The van der Waals surface area contributed by atoms with Crippen molar-refractivity contribution in [2.45, 2.75) is 20.5 Å². The fraction of sp³-hybridized carbons (Fsp3) is 0.273. The van der Waals surface area contributed by atoms with Crippen LogP contribution in [0, 0.1) is 13.8 Å². The Morgan fingerprint density at radius 2 is 2.00 bits per heavy atom. The molecule has 17 heavy (non-hydrogen) atoms. The van der Waals surface area contributed by atoms with Crippen molar-refractivity contribution in [1.29, 1.82) is 0 Å². The zero-order chi connectivity index (χ0) is 12.4. The second kappa shape index (κ2) is 4.75. The molecule has 0 bridgehead atoms. The van der Waals surface area contributed by atoms with Crippen LogP contribution in [0.4, 0.5) is 5.95 Å². The third kappa shape index (κ3) is 2.76. The van der Waals surface area contributed by atoms with E-state index in [2.05, 4.69) is 31.1 Å². The smallest absolute Gasteiger partial charge is 0.239 e. The van der Waals surface area contributed by atoms with Gasteiger partial charge in [0.1, 0.15) is 12.4 Å². The summed E-state index contributed by atoms with van der Waals surface area (Å²) in [7, 11) is 0. The number of hydrogen-bond donors (Lipinski definition) is 2. The van der Waals surface area contributed by atoms with E-state index in [9.17, 15) is 0 Å². The van der Waals surface area contributed by atoms with Crippen LogP contribution >= 0.6 is 15.9 Å². The fourth-order valence-corrected chi connectivity index (χ4v) is 2.33. The maximum Gasteiger partial charge on any atom is 0.239 e. The number of benzene rings is 1. The van der Waals surface area contributed by atoms with Crippen LogP contribution in [0.1, 0.15) is 17.0 Å². The van der Waals surface area contributed by atoms with Crippen LogP contribution in [-0.2, 0) is 6.61 Å². The van der Waals surface area contributed by atoms with Crippen molar-refractivity contribution < 1.29 is 4.74 Å². The first kappa shape index (κ1) is 11.9. The molecule has 0 radical (unpaired) electrons. The van der Waals surface area contributed by atoms with E-state index in [-0.39, 0.29) is 5.95 Å². The van der Waals surface area contributed by atoms with Crippen molar-refractivity contribution in [3.63, 3.8) is 0 Å². The third-order valence-corrected chi connectivity index (χ3v) is 2.79. The minimum absolute atomic E-state index is 0.229. The molecule has 1 heterocycles. The SMILES string of the molecule is Cc1cc(Br)cc(C)c1OCc1nc(N)n[nH]1. The first-order chi connectivity index (χ1) is 8.06. The molecule has 0 spiro atoms. The molecule has 3 N–H and O–H groups in total. The normalized spacial score (nSPS) is 10.5. The monoisotopic (exact) mass is 296 g/mol. The Morgan fingerprint density at radius 1 is 1.35 bits per heavy atom. The minimum Gasteiger partial charge on any atom is -0.485 e. The Hall–Kier alpha value is -1.56. The lowest BCUT2D eigenvalue weighted by molar-refractivity contribution is 0.292. The lowest BCUT2D eigenvalue weighted by Gasteiger charge is -2.11. The van der Waals surface area contributed by atoms with Crippen LogP contribution in [-0.4, -0.2) is 15.2 Å². The lowest BCUT2D eigenvalue weighted by Crippen LogP contribution is -2.01. The van der Waals surface area contributed by atoms with Gasteiger partial charge in [-0.15, -0.1) is 5.10 Å². The topological polar surface area (TPSA) is 76.8 Å². The molecule has 0 aliphatic rings. The van der Waals surface area contributed by atoms with E-state index in [1.807, 2.05) is 26.0 Å². The molecule has 5 nitrogen and oxygen atoms in total. The Labute approximate surface area is 108 Å². The molecule has 0 saturated carbocycles. The minimum atomic E-state index is 0.229. The van der Waals surface area contributed by atoms with Crippen LogP contribution in [0.2, 0.25) is 0 Å².